The van der Waals surface area contributed by atoms with E-state index in [4.69, 9.17) is 6.42 Å². The molecule has 1 saturated carbocycles. The maximum atomic E-state index is 12.8. The van der Waals surface area contributed by atoms with Gasteiger partial charge in [0.15, 0.2) is 0 Å². The summed E-state index contributed by atoms with van der Waals surface area (Å²) in [6.45, 7) is 0. The Bertz CT molecular complexity index is 1190. The Kier molecular flexibility index (Phi) is 4.34. The van der Waals surface area contributed by atoms with Crippen LogP contribution < -0.4 is 4.72 Å². The first-order chi connectivity index (χ1) is 13.4. The summed E-state index contributed by atoms with van der Waals surface area (Å²) in [7, 11) is -4.02. The highest BCUT2D eigenvalue weighted by molar-refractivity contribution is 7.91. The molecule has 2 aromatic heterocycles. The lowest BCUT2D eigenvalue weighted by atomic mass is 10.1. The van der Waals surface area contributed by atoms with Gasteiger partial charge in [-0.15, -0.1) is 17.8 Å². The zero-order chi connectivity index (χ0) is 19.9. The molecule has 0 unspecified atom stereocenters. The summed E-state index contributed by atoms with van der Waals surface area (Å²) in [5.74, 6) is 0.852. The third-order valence-electron chi connectivity index (χ3n) is 4.67. The Morgan fingerprint density at radius 1 is 1.32 bits per heavy atom. The summed E-state index contributed by atoms with van der Waals surface area (Å²) < 4.78 is 29.6. The molecule has 0 amide bonds. The predicted molar refractivity (Wildman–Crippen MR) is 104 cm³/mol. The standard InChI is InChI=1S/C19H15N3O4S2/c1-2-13-11-20-22(12-13)16-8-9-17(27-16)28(25,26)21-19(18(23)24)10-15(19)14-6-4-3-5-7-14/h1,3-9,11-12,15,21H,10H2,(H,23,24)/t15-,19+/m1/s1. The maximum Gasteiger partial charge on any atom is 0.325 e. The summed E-state index contributed by atoms with van der Waals surface area (Å²) >= 11 is 0.982. The van der Waals surface area contributed by atoms with Gasteiger partial charge in [0.05, 0.1) is 11.8 Å². The fourth-order valence-corrected chi connectivity index (χ4v) is 5.76. The van der Waals surface area contributed by atoms with Gasteiger partial charge in [0.2, 0.25) is 0 Å². The van der Waals surface area contributed by atoms with Crippen molar-refractivity contribution >= 4 is 27.3 Å². The molecule has 2 heterocycles. The molecule has 0 aliphatic heterocycles. The first-order valence-electron chi connectivity index (χ1n) is 8.29. The molecule has 0 radical (unpaired) electrons. The van der Waals surface area contributed by atoms with Crippen molar-refractivity contribution in [2.24, 2.45) is 0 Å². The summed E-state index contributed by atoms with van der Waals surface area (Å²) in [5.41, 5.74) is -0.172. The lowest BCUT2D eigenvalue weighted by Gasteiger charge is -2.14. The molecule has 3 aromatic rings. The van der Waals surface area contributed by atoms with Crippen molar-refractivity contribution in [3.05, 3.63) is 66.0 Å². The Balaban J connectivity index is 1.60. The highest BCUT2D eigenvalue weighted by Gasteiger charge is 2.63. The number of benzene rings is 1. The third-order valence-corrected chi connectivity index (χ3v) is 7.74. The number of carboxylic acid groups (broad SMARTS) is 1. The van der Waals surface area contributed by atoms with Crippen molar-refractivity contribution in [1.82, 2.24) is 14.5 Å². The van der Waals surface area contributed by atoms with Crippen LogP contribution in [0.2, 0.25) is 0 Å². The first kappa shape index (κ1) is 18.4. The van der Waals surface area contributed by atoms with E-state index in [1.165, 1.54) is 16.9 Å². The van der Waals surface area contributed by atoms with Gasteiger partial charge in [-0.3, -0.25) is 4.79 Å². The van der Waals surface area contributed by atoms with Gasteiger partial charge in [-0.05, 0) is 24.1 Å². The second-order valence-corrected chi connectivity index (χ2v) is 9.43. The minimum absolute atomic E-state index is 0.0135. The molecule has 4 rings (SSSR count). The number of hydrogen-bond donors (Lipinski definition) is 2. The van der Waals surface area contributed by atoms with Gasteiger partial charge in [0.1, 0.15) is 14.7 Å². The van der Waals surface area contributed by atoms with Crippen LogP contribution in [0.25, 0.3) is 5.00 Å². The number of hydrogen-bond acceptors (Lipinski definition) is 5. The number of sulfonamides is 1. The monoisotopic (exact) mass is 413 g/mol. The Labute approximate surface area is 165 Å². The highest BCUT2D eigenvalue weighted by Crippen LogP contribution is 2.52. The molecule has 1 fully saturated rings. The number of aromatic nitrogens is 2. The average Bonchev–Trinajstić information content (AvgIpc) is 3.05. The summed E-state index contributed by atoms with van der Waals surface area (Å²) in [4.78, 5) is 11.9. The van der Waals surface area contributed by atoms with Crippen LogP contribution in [0.5, 0.6) is 0 Å². The maximum absolute atomic E-state index is 12.8. The van der Waals surface area contributed by atoms with E-state index in [0.717, 1.165) is 16.9 Å². The van der Waals surface area contributed by atoms with Crippen LogP contribution >= 0.6 is 11.3 Å². The van der Waals surface area contributed by atoms with E-state index >= 15 is 0 Å². The Morgan fingerprint density at radius 2 is 2.07 bits per heavy atom. The first-order valence-corrected chi connectivity index (χ1v) is 10.6. The van der Waals surface area contributed by atoms with Crippen LogP contribution in [-0.2, 0) is 14.8 Å². The van der Waals surface area contributed by atoms with Gasteiger partial charge in [0, 0.05) is 12.1 Å². The van der Waals surface area contributed by atoms with E-state index in [2.05, 4.69) is 15.7 Å². The SMILES string of the molecule is C#Cc1cnn(-c2ccc(S(=O)(=O)N[C@@]3(C(=O)O)C[C@@H]3c3ccccc3)s2)c1. The molecule has 2 N–H and O–H groups in total. The lowest BCUT2D eigenvalue weighted by Crippen LogP contribution is -2.44. The number of carboxylic acids is 1. The molecule has 2 atom stereocenters. The second-order valence-electron chi connectivity index (χ2n) is 6.46. The van der Waals surface area contributed by atoms with Gasteiger partial charge >= 0.3 is 5.97 Å². The van der Waals surface area contributed by atoms with Crippen LogP contribution in [0.4, 0.5) is 0 Å². The average molecular weight is 413 g/mol. The Hall–Kier alpha value is -2.93. The fraction of sp³-hybridized carbons (Fsp3) is 0.158. The van der Waals surface area contributed by atoms with E-state index in [1.807, 2.05) is 6.07 Å². The quantitative estimate of drug-likeness (QED) is 0.604. The van der Waals surface area contributed by atoms with E-state index in [-0.39, 0.29) is 10.6 Å². The number of thiophene rings is 1. The van der Waals surface area contributed by atoms with Crippen LogP contribution in [0.3, 0.4) is 0 Å². The van der Waals surface area contributed by atoms with Crippen molar-refractivity contribution in [3.63, 3.8) is 0 Å². The highest BCUT2D eigenvalue weighted by atomic mass is 32.2. The summed E-state index contributed by atoms with van der Waals surface area (Å²) in [6, 6.07) is 12.0. The van der Waals surface area contributed by atoms with Crippen LogP contribution in [0.15, 0.2) is 59.1 Å². The summed E-state index contributed by atoms with van der Waals surface area (Å²) in [5, 5.41) is 14.4. The van der Waals surface area contributed by atoms with E-state index in [0.29, 0.717) is 10.6 Å². The van der Waals surface area contributed by atoms with E-state index < -0.39 is 27.4 Å². The van der Waals surface area contributed by atoms with E-state index in [9.17, 15) is 18.3 Å². The summed E-state index contributed by atoms with van der Waals surface area (Å²) in [6.07, 6.45) is 8.63. The van der Waals surface area contributed by atoms with Crippen molar-refractivity contribution in [1.29, 1.82) is 0 Å². The number of carbonyl (C=O) groups is 1. The normalized spacial score (nSPS) is 21.2. The van der Waals surface area contributed by atoms with Crippen molar-refractivity contribution in [2.45, 2.75) is 22.1 Å². The minimum atomic E-state index is -4.02. The predicted octanol–water partition coefficient (Wildman–Crippen LogP) is 2.20. The van der Waals surface area contributed by atoms with Gasteiger partial charge in [-0.1, -0.05) is 36.3 Å². The largest absolute Gasteiger partial charge is 0.480 e. The molecule has 142 valence electrons. The molecular formula is C19H15N3O4S2. The third kappa shape index (κ3) is 3.11. The molecule has 1 aliphatic carbocycles. The lowest BCUT2D eigenvalue weighted by molar-refractivity contribution is -0.140. The number of aliphatic carboxylic acids is 1. The van der Waals surface area contributed by atoms with Crippen LogP contribution in [0.1, 0.15) is 23.5 Å². The van der Waals surface area contributed by atoms with Crippen molar-refractivity contribution < 1.29 is 18.3 Å². The molecule has 28 heavy (non-hydrogen) atoms. The number of rotatable bonds is 6. The topological polar surface area (TPSA) is 101 Å². The molecule has 7 nitrogen and oxygen atoms in total. The van der Waals surface area contributed by atoms with Gasteiger partial charge in [-0.25, -0.2) is 13.1 Å². The van der Waals surface area contributed by atoms with Crippen molar-refractivity contribution in [3.8, 4) is 17.3 Å². The number of nitrogens with one attached hydrogen (secondary N) is 1. The molecular weight excluding hydrogens is 398 g/mol. The molecule has 0 spiro atoms. The van der Waals surface area contributed by atoms with Gasteiger partial charge in [0.25, 0.3) is 10.0 Å². The zero-order valence-electron chi connectivity index (χ0n) is 14.4. The molecule has 0 bridgehead atoms. The molecule has 1 aromatic carbocycles. The van der Waals surface area contributed by atoms with E-state index in [1.54, 1.807) is 36.5 Å². The number of nitrogens with zero attached hydrogens (tertiary/aromatic N) is 2. The second kappa shape index (κ2) is 6.60. The fourth-order valence-electron chi connectivity index (χ4n) is 3.13. The molecule has 9 heteroatoms. The van der Waals surface area contributed by atoms with Gasteiger partial charge in [-0.2, -0.15) is 9.82 Å². The zero-order valence-corrected chi connectivity index (χ0v) is 16.1. The Morgan fingerprint density at radius 3 is 2.71 bits per heavy atom. The number of terminal acetylenes is 1. The van der Waals surface area contributed by atoms with Crippen LogP contribution in [-0.4, -0.2) is 34.8 Å². The van der Waals surface area contributed by atoms with Gasteiger partial charge < -0.3 is 5.11 Å². The molecule has 1 aliphatic rings. The van der Waals surface area contributed by atoms with Crippen LogP contribution in [0, 0.1) is 12.3 Å². The smallest absolute Gasteiger partial charge is 0.325 e. The van der Waals surface area contributed by atoms with Crippen molar-refractivity contribution in [2.75, 3.05) is 0 Å². The minimum Gasteiger partial charge on any atom is -0.480 e. The molecule has 0 saturated heterocycles.